The Morgan fingerprint density at radius 3 is 2.29 bits per heavy atom. The highest BCUT2D eigenvalue weighted by atomic mass is 19.4. The lowest BCUT2D eigenvalue weighted by molar-refractivity contribution is -0.186. The highest BCUT2D eigenvalue weighted by Gasteiger charge is 2.46. The average molecular weight is 480 g/mol. The van der Waals surface area contributed by atoms with Crippen molar-refractivity contribution in [3.05, 3.63) is 29.8 Å². The second-order valence-corrected chi connectivity index (χ2v) is 8.49. The first-order valence-corrected chi connectivity index (χ1v) is 11.1. The lowest BCUT2D eigenvalue weighted by atomic mass is 9.74. The van der Waals surface area contributed by atoms with Crippen molar-refractivity contribution in [3.8, 4) is 6.07 Å². The summed E-state index contributed by atoms with van der Waals surface area (Å²) in [7, 11) is 1.34. The Labute approximate surface area is 195 Å². The first-order chi connectivity index (χ1) is 16.1. The number of urea groups is 1. The van der Waals surface area contributed by atoms with Gasteiger partial charge in [-0.25, -0.2) is 4.79 Å². The maximum absolute atomic E-state index is 12.8. The molecule has 34 heavy (non-hydrogen) atoms. The fraction of sp³-hybridized carbons (Fsp3) is 0.565. The minimum Gasteiger partial charge on any atom is -0.469 e. The van der Waals surface area contributed by atoms with Crippen LogP contribution in [0.2, 0.25) is 0 Å². The number of likely N-dealkylation sites (tertiary alicyclic amines) is 1. The van der Waals surface area contributed by atoms with Crippen molar-refractivity contribution in [2.45, 2.75) is 43.7 Å². The van der Waals surface area contributed by atoms with E-state index in [0.29, 0.717) is 50.1 Å². The van der Waals surface area contributed by atoms with Crippen molar-refractivity contribution in [3.63, 3.8) is 0 Å². The summed E-state index contributed by atoms with van der Waals surface area (Å²) in [5.74, 6) is -2.15. The molecule has 2 heterocycles. The molecule has 1 aromatic carbocycles. The molecule has 2 aliphatic heterocycles. The molecule has 0 spiro atoms. The first kappa shape index (κ1) is 25.3. The van der Waals surface area contributed by atoms with Crippen molar-refractivity contribution in [1.82, 2.24) is 9.80 Å². The van der Waals surface area contributed by atoms with E-state index < -0.39 is 17.5 Å². The summed E-state index contributed by atoms with van der Waals surface area (Å²) in [5.41, 5.74) is 0.342. The van der Waals surface area contributed by atoms with E-state index in [4.69, 9.17) is 0 Å². The van der Waals surface area contributed by atoms with E-state index in [1.165, 1.54) is 7.11 Å². The SMILES string of the molecule is COC(=O)CCCCN1CCN(c2ccc(C3(C#N)CCN(C(=O)C(F)(F)F)CC3)cc2)C1=O. The number of rotatable bonds is 7. The van der Waals surface area contributed by atoms with Crippen LogP contribution < -0.4 is 4.90 Å². The molecular formula is C23H27F3N4O4. The van der Waals surface area contributed by atoms with E-state index in [1.54, 1.807) is 34.1 Å². The van der Waals surface area contributed by atoms with Gasteiger partial charge in [0.2, 0.25) is 0 Å². The summed E-state index contributed by atoms with van der Waals surface area (Å²) in [6, 6.07) is 9.03. The van der Waals surface area contributed by atoms with E-state index in [1.807, 2.05) is 0 Å². The van der Waals surface area contributed by atoms with Crippen molar-refractivity contribution in [1.29, 1.82) is 5.26 Å². The van der Waals surface area contributed by atoms with Gasteiger partial charge in [-0.3, -0.25) is 14.5 Å². The zero-order valence-corrected chi connectivity index (χ0v) is 18.9. The van der Waals surface area contributed by atoms with Crippen molar-refractivity contribution in [2.75, 3.05) is 44.7 Å². The Morgan fingerprint density at radius 1 is 1.09 bits per heavy atom. The second kappa shape index (κ2) is 10.3. The Morgan fingerprint density at radius 2 is 1.74 bits per heavy atom. The van der Waals surface area contributed by atoms with Gasteiger partial charge in [-0.05, 0) is 43.4 Å². The number of ether oxygens (including phenoxy) is 1. The molecule has 2 fully saturated rings. The van der Waals surface area contributed by atoms with Crippen LogP contribution >= 0.6 is 0 Å². The van der Waals surface area contributed by atoms with Gasteiger partial charge in [0.05, 0.1) is 18.6 Å². The highest BCUT2D eigenvalue weighted by molar-refractivity contribution is 5.94. The molecule has 0 N–H and O–H groups in total. The molecule has 11 heteroatoms. The molecule has 0 saturated carbocycles. The monoisotopic (exact) mass is 480 g/mol. The smallest absolute Gasteiger partial charge is 0.469 e. The van der Waals surface area contributed by atoms with Crippen LogP contribution in [0, 0.1) is 11.3 Å². The predicted octanol–water partition coefficient (Wildman–Crippen LogP) is 3.22. The topological polar surface area (TPSA) is 93.9 Å². The molecule has 0 unspecified atom stereocenters. The van der Waals surface area contributed by atoms with E-state index >= 15 is 0 Å². The predicted molar refractivity (Wildman–Crippen MR) is 116 cm³/mol. The quantitative estimate of drug-likeness (QED) is 0.441. The number of alkyl halides is 3. The van der Waals surface area contributed by atoms with Crippen LogP contribution in [0.3, 0.4) is 0 Å². The number of halogens is 3. The number of hydrogen-bond donors (Lipinski definition) is 0. The number of amides is 3. The van der Waals surface area contributed by atoms with Crippen LogP contribution in [0.4, 0.5) is 23.7 Å². The number of carbonyl (C=O) groups is 3. The van der Waals surface area contributed by atoms with Gasteiger partial charge in [-0.2, -0.15) is 18.4 Å². The molecule has 2 saturated heterocycles. The van der Waals surface area contributed by atoms with Gasteiger partial charge in [-0.1, -0.05) is 12.1 Å². The average Bonchev–Trinajstić information content (AvgIpc) is 3.20. The van der Waals surface area contributed by atoms with Crippen LogP contribution in [0.15, 0.2) is 24.3 Å². The number of piperidine rings is 1. The van der Waals surface area contributed by atoms with Gasteiger partial charge >= 0.3 is 24.1 Å². The molecule has 184 valence electrons. The van der Waals surface area contributed by atoms with Crippen molar-refractivity contribution < 1.29 is 32.3 Å². The summed E-state index contributed by atoms with van der Waals surface area (Å²) >= 11 is 0. The standard InChI is InChI=1S/C23H27F3N4O4/c1-34-19(31)4-2-3-11-29-14-15-30(21(29)33)18-7-5-17(6-8-18)22(16-27)9-12-28(13-10-22)20(32)23(24,25)26/h5-8H,2-4,9-15H2,1H3. The third-order valence-corrected chi connectivity index (χ3v) is 6.47. The lowest BCUT2D eigenvalue weighted by Gasteiger charge is -2.37. The van der Waals surface area contributed by atoms with Crippen LogP contribution in [0.1, 0.15) is 37.7 Å². The van der Waals surface area contributed by atoms with Gasteiger partial charge in [0.1, 0.15) is 0 Å². The van der Waals surface area contributed by atoms with Gasteiger partial charge in [0, 0.05) is 44.8 Å². The van der Waals surface area contributed by atoms with Gasteiger partial charge in [0.25, 0.3) is 0 Å². The Kier molecular flexibility index (Phi) is 7.69. The number of esters is 1. The fourth-order valence-electron chi connectivity index (χ4n) is 4.40. The van der Waals surface area contributed by atoms with E-state index in [2.05, 4.69) is 10.8 Å². The van der Waals surface area contributed by atoms with Gasteiger partial charge < -0.3 is 14.5 Å². The summed E-state index contributed by atoms with van der Waals surface area (Å²) in [6.45, 7) is 1.30. The molecule has 1 aromatic rings. The molecule has 3 amide bonds. The minimum atomic E-state index is -4.92. The second-order valence-electron chi connectivity index (χ2n) is 8.49. The maximum Gasteiger partial charge on any atom is 0.471 e. The minimum absolute atomic E-state index is 0.104. The first-order valence-electron chi connectivity index (χ1n) is 11.1. The third kappa shape index (κ3) is 5.43. The normalized spacial score (nSPS) is 18.1. The number of nitrogens with zero attached hydrogens (tertiary/aromatic N) is 4. The number of nitriles is 1. The van der Waals surface area contributed by atoms with Crippen LogP contribution in [0.25, 0.3) is 0 Å². The number of benzene rings is 1. The Balaban J connectivity index is 1.59. The molecule has 0 radical (unpaired) electrons. The van der Waals surface area contributed by atoms with Gasteiger partial charge in [-0.15, -0.1) is 0 Å². The zero-order chi connectivity index (χ0) is 24.9. The van der Waals surface area contributed by atoms with Crippen molar-refractivity contribution >= 4 is 23.6 Å². The number of hydrogen-bond acceptors (Lipinski definition) is 5. The van der Waals surface area contributed by atoms with Gasteiger partial charge in [0.15, 0.2) is 0 Å². The summed E-state index contributed by atoms with van der Waals surface area (Å²) < 4.78 is 42.7. The molecule has 8 nitrogen and oxygen atoms in total. The summed E-state index contributed by atoms with van der Waals surface area (Å²) in [5, 5.41) is 9.81. The highest BCUT2D eigenvalue weighted by Crippen LogP contribution is 2.37. The van der Waals surface area contributed by atoms with Crippen LogP contribution in [-0.4, -0.2) is 73.7 Å². The number of methoxy groups -OCH3 is 1. The molecule has 2 aliphatic rings. The molecule has 0 aliphatic carbocycles. The number of carbonyl (C=O) groups excluding carboxylic acids is 3. The number of unbranched alkanes of at least 4 members (excludes halogenated alkanes) is 1. The van der Waals surface area contributed by atoms with E-state index in [-0.39, 0.29) is 37.9 Å². The molecule has 0 aromatic heterocycles. The largest absolute Gasteiger partial charge is 0.471 e. The van der Waals surface area contributed by atoms with Crippen LogP contribution in [-0.2, 0) is 19.7 Å². The Hall–Kier alpha value is -3.29. The Bertz CT molecular complexity index is 950. The summed E-state index contributed by atoms with van der Waals surface area (Å²) in [4.78, 5) is 39.5. The molecule has 3 rings (SSSR count). The maximum atomic E-state index is 12.8. The van der Waals surface area contributed by atoms with E-state index in [9.17, 15) is 32.8 Å². The lowest BCUT2D eigenvalue weighted by Crippen LogP contribution is -2.49. The molecular weight excluding hydrogens is 453 g/mol. The third-order valence-electron chi connectivity index (χ3n) is 6.47. The fourth-order valence-corrected chi connectivity index (χ4v) is 4.40. The molecule has 0 atom stereocenters. The van der Waals surface area contributed by atoms with E-state index in [0.717, 1.165) is 4.90 Å². The molecule has 0 bridgehead atoms. The summed E-state index contributed by atoms with van der Waals surface area (Å²) in [6.07, 6.45) is -3.09. The van der Waals surface area contributed by atoms with Crippen molar-refractivity contribution in [2.24, 2.45) is 0 Å². The zero-order valence-electron chi connectivity index (χ0n) is 18.9. The number of anilines is 1. The van der Waals surface area contributed by atoms with Crippen LogP contribution in [0.5, 0.6) is 0 Å².